The fourth-order valence-electron chi connectivity index (χ4n) is 1.57. The Balaban J connectivity index is 2.03. The highest BCUT2D eigenvalue weighted by molar-refractivity contribution is 6.30. The van der Waals surface area contributed by atoms with Crippen LogP contribution in [-0.2, 0) is 17.9 Å². The predicted molar refractivity (Wildman–Crippen MR) is 75.0 cm³/mol. The van der Waals surface area contributed by atoms with E-state index in [1.54, 1.807) is 38.1 Å². The quantitative estimate of drug-likeness (QED) is 0.877. The van der Waals surface area contributed by atoms with E-state index >= 15 is 0 Å². The Morgan fingerprint density at radius 2 is 2.05 bits per heavy atom. The van der Waals surface area contributed by atoms with Gasteiger partial charge in [-0.1, -0.05) is 11.6 Å². The van der Waals surface area contributed by atoms with E-state index in [-0.39, 0.29) is 13.2 Å². The highest BCUT2D eigenvalue weighted by atomic mass is 35.5. The Morgan fingerprint density at radius 1 is 1.38 bits per heavy atom. The van der Waals surface area contributed by atoms with Crippen molar-refractivity contribution < 1.29 is 14.6 Å². The molecule has 2 aromatic rings. The number of benzene rings is 1. The Hall–Kier alpha value is -2.15. The SMILES string of the molecule is CC(C)(Cn1nnnc1COc1ccc(Cl)cc1)C(=O)O. The molecule has 0 amide bonds. The first kappa shape index (κ1) is 15.2. The second kappa shape index (κ2) is 6.09. The van der Waals surface area contributed by atoms with E-state index in [2.05, 4.69) is 15.5 Å². The average molecular weight is 311 g/mol. The summed E-state index contributed by atoms with van der Waals surface area (Å²) in [6.07, 6.45) is 0. The summed E-state index contributed by atoms with van der Waals surface area (Å²) < 4.78 is 6.99. The van der Waals surface area contributed by atoms with Crippen molar-refractivity contribution in [2.24, 2.45) is 5.41 Å². The van der Waals surface area contributed by atoms with Crippen LogP contribution in [0, 0.1) is 5.41 Å². The van der Waals surface area contributed by atoms with Gasteiger partial charge >= 0.3 is 5.97 Å². The van der Waals surface area contributed by atoms with Crippen molar-refractivity contribution in [3.8, 4) is 5.75 Å². The van der Waals surface area contributed by atoms with Gasteiger partial charge in [0.1, 0.15) is 12.4 Å². The number of aliphatic carboxylic acids is 1. The summed E-state index contributed by atoms with van der Waals surface area (Å²) in [4.78, 5) is 11.1. The predicted octanol–water partition coefficient (Wildman–Crippen LogP) is 2.02. The molecule has 2 rings (SSSR count). The van der Waals surface area contributed by atoms with Crippen molar-refractivity contribution in [1.82, 2.24) is 20.2 Å². The summed E-state index contributed by atoms with van der Waals surface area (Å²) in [5.74, 6) is 0.174. The van der Waals surface area contributed by atoms with E-state index in [9.17, 15) is 4.79 Å². The molecule has 7 nitrogen and oxygen atoms in total. The number of rotatable bonds is 6. The molecule has 21 heavy (non-hydrogen) atoms. The number of nitrogens with zero attached hydrogens (tertiary/aromatic N) is 4. The van der Waals surface area contributed by atoms with Crippen LogP contribution in [-0.4, -0.2) is 31.3 Å². The molecule has 0 saturated carbocycles. The maximum Gasteiger partial charge on any atom is 0.310 e. The summed E-state index contributed by atoms with van der Waals surface area (Å²) in [5, 5.41) is 21.0. The van der Waals surface area contributed by atoms with E-state index in [1.807, 2.05) is 0 Å². The van der Waals surface area contributed by atoms with Gasteiger partial charge in [0.05, 0.1) is 12.0 Å². The lowest BCUT2D eigenvalue weighted by Crippen LogP contribution is -2.30. The zero-order chi connectivity index (χ0) is 15.5. The van der Waals surface area contributed by atoms with Gasteiger partial charge in [0.2, 0.25) is 0 Å². The van der Waals surface area contributed by atoms with Crippen molar-refractivity contribution in [3.63, 3.8) is 0 Å². The molecular formula is C13H15ClN4O3. The third kappa shape index (κ3) is 3.91. The lowest BCUT2D eigenvalue weighted by atomic mass is 9.94. The highest BCUT2D eigenvalue weighted by Crippen LogP contribution is 2.19. The van der Waals surface area contributed by atoms with Crippen LogP contribution >= 0.6 is 11.6 Å². The normalized spacial score (nSPS) is 11.4. The van der Waals surface area contributed by atoms with Crippen LogP contribution in [0.2, 0.25) is 5.02 Å². The van der Waals surface area contributed by atoms with Gasteiger partial charge in [-0.2, -0.15) is 0 Å². The van der Waals surface area contributed by atoms with Crippen molar-refractivity contribution in [3.05, 3.63) is 35.1 Å². The van der Waals surface area contributed by atoms with Gasteiger partial charge in [-0.3, -0.25) is 4.79 Å². The molecule has 0 aliphatic carbocycles. The summed E-state index contributed by atoms with van der Waals surface area (Å²) in [6.45, 7) is 3.53. The highest BCUT2D eigenvalue weighted by Gasteiger charge is 2.29. The maximum atomic E-state index is 11.1. The third-order valence-corrected chi connectivity index (χ3v) is 3.16. The molecule has 0 saturated heterocycles. The van der Waals surface area contributed by atoms with E-state index in [1.165, 1.54) is 4.68 Å². The van der Waals surface area contributed by atoms with Gasteiger partial charge in [-0.05, 0) is 48.5 Å². The first-order valence-corrected chi connectivity index (χ1v) is 6.63. The third-order valence-electron chi connectivity index (χ3n) is 2.91. The van der Waals surface area contributed by atoms with Gasteiger partial charge in [0.15, 0.2) is 5.82 Å². The van der Waals surface area contributed by atoms with E-state index in [4.69, 9.17) is 21.4 Å². The van der Waals surface area contributed by atoms with Gasteiger partial charge in [-0.15, -0.1) is 5.10 Å². The molecule has 8 heteroatoms. The number of aromatic nitrogens is 4. The van der Waals surface area contributed by atoms with Crippen LogP contribution in [0.3, 0.4) is 0 Å². The van der Waals surface area contributed by atoms with Gasteiger partial charge in [0.25, 0.3) is 0 Å². The lowest BCUT2D eigenvalue weighted by Gasteiger charge is -2.19. The lowest BCUT2D eigenvalue weighted by molar-refractivity contribution is -0.147. The molecule has 0 unspecified atom stereocenters. The first-order valence-electron chi connectivity index (χ1n) is 6.25. The van der Waals surface area contributed by atoms with Gasteiger partial charge in [-0.25, -0.2) is 4.68 Å². The zero-order valence-electron chi connectivity index (χ0n) is 11.7. The number of halogens is 1. The number of hydrogen-bond acceptors (Lipinski definition) is 5. The first-order chi connectivity index (χ1) is 9.88. The molecule has 0 spiro atoms. The van der Waals surface area contributed by atoms with Crippen LogP contribution in [0.4, 0.5) is 0 Å². The summed E-state index contributed by atoms with van der Waals surface area (Å²) in [5.41, 5.74) is -0.968. The Morgan fingerprint density at radius 3 is 2.67 bits per heavy atom. The van der Waals surface area contributed by atoms with Crippen LogP contribution in [0.15, 0.2) is 24.3 Å². The van der Waals surface area contributed by atoms with Crippen molar-refractivity contribution in [2.75, 3.05) is 0 Å². The van der Waals surface area contributed by atoms with Crippen LogP contribution < -0.4 is 4.74 Å². The zero-order valence-corrected chi connectivity index (χ0v) is 12.4. The second-order valence-corrected chi connectivity index (χ2v) is 5.62. The monoisotopic (exact) mass is 310 g/mol. The Bertz CT molecular complexity index is 625. The van der Waals surface area contributed by atoms with E-state index in [0.717, 1.165) is 0 Å². The van der Waals surface area contributed by atoms with Crippen LogP contribution in [0.1, 0.15) is 19.7 Å². The van der Waals surface area contributed by atoms with E-state index in [0.29, 0.717) is 16.6 Å². The average Bonchev–Trinajstić information content (AvgIpc) is 2.84. The smallest absolute Gasteiger partial charge is 0.310 e. The summed E-state index contributed by atoms with van der Waals surface area (Å²) in [7, 11) is 0. The molecule has 0 atom stereocenters. The Kier molecular flexibility index (Phi) is 4.42. The second-order valence-electron chi connectivity index (χ2n) is 5.18. The van der Waals surface area contributed by atoms with Gasteiger partial charge in [0, 0.05) is 5.02 Å². The molecule has 1 N–H and O–H groups in total. The molecule has 0 bridgehead atoms. The fourth-order valence-corrected chi connectivity index (χ4v) is 1.70. The molecule has 0 radical (unpaired) electrons. The van der Waals surface area contributed by atoms with Crippen LogP contribution in [0.25, 0.3) is 0 Å². The topological polar surface area (TPSA) is 90.1 Å². The minimum absolute atomic E-state index is 0.143. The van der Waals surface area contributed by atoms with Crippen LogP contribution in [0.5, 0.6) is 5.75 Å². The van der Waals surface area contributed by atoms with E-state index < -0.39 is 11.4 Å². The standard InChI is InChI=1S/C13H15ClN4O3/c1-13(2,12(19)20)8-18-11(15-16-17-18)7-21-10-5-3-9(14)4-6-10/h3-6H,7-8H2,1-2H3,(H,19,20). The molecule has 1 aromatic heterocycles. The summed E-state index contributed by atoms with van der Waals surface area (Å²) in [6, 6.07) is 6.90. The number of carboxylic acids is 1. The summed E-state index contributed by atoms with van der Waals surface area (Å²) >= 11 is 5.79. The molecule has 112 valence electrons. The molecule has 0 aliphatic rings. The fraction of sp³-hybridized carbons (Fsp3) is 0.385. The minimum Gasteiger partial charge on any atom is -0.486 e. The molecule has 1 aromatic carbocycles. The number of ether oxygens (including phenoxy) is 1. The molecule has 1 heterocycles. The molecule has 0 fully saturated rings. The maximum absolute atomic E-state index is 11.1. The number of carboxylic acid groups (broad SMARTS) is 1. The molecule has 0 aliphatic heterocycles. The van der Waals surface area contributed by atoms with Crippen molar-refractivity contribution in [2.45, 2.75) is 27.0 Å². The van der Waals surface area contributed by atoms with Crippen molar-refractivity contribution in [1.29, 1.82) is 0 Å². The number of carbonyl (C=O) groups is 1. The number of hydrogen-bond donors (Lipinski definition) is 1. The Labute approximate surface area is 126 Å². The minimum atomic E-state index is -0.968. The largest absolute Gasteiger partial charge is 0.486 e. The van der Waals surface area contributed by atoms with Gasteiger partial charge < -0.3 is 9.84 Å². The van der Waals surface area contributed by atoms with Crippen molar-refractivity contribution >= 4 is 17.6 Å². The number of tetrazole rings is 1. The molecular weight excluding hydrogens is 296 g/mol.